The van der Waals surface area contributed by atoms with Crippen molar-refractivity contribution in [1.82, 2.24) is 0 Å². The molecule has 6 heteroatoms. The summed E-state index contributed by atoms with van der Waals surface area (Å²) in [4.78, 5) is 21.0. The monoisotopic (exact) mass is 284 g/mol. The van der Waals surface area contributed by atoms with Gasteiger partial charge in [-0.15, -0.1) is 0 Å². The third kappa shape index (κ3) is 3.30. The first-order chi connectivity index (χ1) is 9.99. The minimum Gasteiger partial charge on any atom is -0.258 e. The van der Waals surface area contributed by atoms with Gasteiger partial charge in [-0.3, -0.25) is 20.2 Å². The van der Waals surface area contributed by atoms with E-state index in [4.69, 9.17) is 0 Å². The number of nitrogens with zero attached hydrogens (tertiary/aromatic N) is 2. The second kappa shape index (κ2) is 5.96. The molecule has 0 aromatic heterocycles. The van der Waals surface area contributed by atoms with Crippen molar-refractivity contribution in [3.63, 3.8) is 0 Å². The van der Waals surface area contributed by atoms with Gasteiger partial charge in [-0.2, -0.15) is 0 Å². The van der Waals surface area contributed by atoms with E-state index in [2.05, 4.69) is 0 Å². The van der Waals surface area contributed by atoms with Crippen molar-refractivity contribution < 1.29 is 9.85 Å². The lowest BCUT2D eigenvalue weighted by Crippen LogP contribution is -1.93. The summed E-state index contributed by atoms with van der Waals surface area (Å²) in [6.07, 6.45) is 3.02. The van der Waals surface area contributed by atoms with Crippen molar-refractivity contribution in [1.29, 1.82) is 0 Å². The van der Waals surface area contributed by atoms with Crippen LogP contribution < -0.4 is 0 Å². The molecule has 2 aromatic carbocycles. The molecule has 2 aromatic rings. The maximum atomic E-state index is 11.0. The maximum Gasteiger partial charge on any atom is 0.276 e. The van der Waals surface area contributed by atoms with Crippen molar-refractivity contribution in [2.24, 2.45) is 0 Å². The Morgan fingerprint density at radius 1 is 0.857 bits per heavy atom. The van der Waals surface area contributed by atoms with Crippen LogP contribution in [-0.4, -0.2) is 9.85 Å². The molecule has 0 aliphatic rings. The minimum atomic E-state index is -0.483. The van der Waals surface area contributed by atoms with Crippen LogP contribution in [0.25, 0.3) is 12.2 Å². The third-order valence-electron chi connectivity index (χ3n) is 2.96. The van der Waals surface area contributed by atoms with Crippen LogP contribution in [0.15, 0.2) is 42.5 Å². The molecule has 0 N–H and O–H groups in total. The fourth-order valence-corrected chi connectivity index (χ4v) is 1.93. The lowest BCUT2D eigenvalue weighted by Gasteiger charge is -2.00. The van der Waals surface area contributed by atoms with Gasteiger partial charge >= 0.3 is 0 Å². The standard InChI is InChI=1S/C15H12N2O4/c1-11-6-7-13(15(10-11)17(20)21)9-8-12-4-2-3-5-14(12)16(18)19/h2-10H,1H3. The van der Waals surface area contributed by atoms with Crippen LogP contribution in [0.3, 0.4) is 0 Å². The second-order valence-corrected chi connectivity index (χ2v) is 4.47. The Kier molecular flexibility index (Phi) is 4.08. The van der Waals surface area contributed by atoms with E-state index in [0.717, 1.165) is 5.56 Å². The molecule has 0 aliphatic heterocycles. The highest BCUT2D eigenvalue weighted by Crippen LogP contribution is 2.24. The molecule has 0 spiro atoms. The van der Waals surface area contributed by atoms with Gasteiger partial charge in [-0.25, -0.2) is 0 Å². The van der Waals surface area contributed by atoms with Gasteiger partial charge in [0.15, 0.2) is 0 Å². The smallest absolute Gasteiger partial charge is 0.258 e. The van der Waals surface area contributed by atoms with E-state index in [1.54, 1.807) is 37.3 Å². The van der Waals surface area contributed by atoms with E-state index in [1.165, 1.54) is 24.3 Å². The van der Waals surface area contributed by atoms with Crippen LogP contribution >= 0.6 is 0 Å². The molecule has 0 amide bonds. The lowest BCUT2D eigenvalue weighted by molar-refractivity contribution is -0.385. The van der Waals surface area contributed by atoms with Gasteiger partial charge in [0.1, 0.15) is 0 Å². The molecule has 0 fully saturated rings. The van der Waals surface area contributed by atoms with E-state index in [-0.39, 0.29) is 11.4 Å². The van der Waals surface area contributed by atoms with Gasteiger partial charge < -0.3 is 0 Å². The average Bonchev–Trinajstić information content (AvgIpc) is 2.46. The van der Waals surface area contributed by atoms with Gasteiger partial charge in [0.25, 0.3) is 11.4 Å². The number of aryl methyl sites for hydroxylation is 1. The second-order valence-electron chi connectivity index (χ2n) is 4.47. The SMILES string of the molecule is Cc1ccc(C=Cc2ccccc2[N+](=O)[O-])c([N+](=O)[O-])c1. The molecule has 106 valence electrons. The van der Waals surface area contributed by atoms with Crippen molar-refractivity contribution in [3.8, 4) is 0 Å². The van der Waals surface area contributed by atoms with Gasteiger partial charge in [-0.1, -0.05) is 18.2 Å². The molecule has 21 heavy (non-hydrogen) atoms. The van der Waals surface area contributed by atoms with Crippen molar-refractivity contribution in [3.05, 3.63) is 79.4 Å². The predicted octanol–water partition coefficient (Wildman–Crippen LogP) is 3.98. The van der Waals surface area contributed by atoms with Crippen molar-refractivity contribution in [2.75, 3.05) is 0 Å². The average molecular weight is 284 g/mol. The zero-order valence-corrected chi connectivity index (χ0v) is 11.2. The molecule has 0 atom stereocenters. The summed E-state index contributed by atoms with van der Waals surface area (Å²) in [7, 11) is 0. The molecule has 0 radical (unpaired) electrons. The molecule has 0 unspecified atom stereocenters. The zero-order valence-electron chi connectivity index (χ0n) is 11.2. The molecular formula is C15H12N2O4. The number of hydrogen-bond donors (Lipinski definition) is 0. The van der Waals surface area contributed by atoms with E-state index in [9.17, 15) is 20.2 Å². The molecule has 6 nitrogen and oxygen atoms in total. The highest BCUT2D eigenvalue weighted by atomic mass is 16.6. The number of benzene rings is 2. The summed E-state index contributed by atoms with van der Waals surface area (Å²) < 4.78 is 0. The quantitative estimate of drug-likeness (QED) is 0.482. The number of nitro benzene ring substituents is 2. The third-order valence-corrected chi connectivity index (χ3v) is 2.96. The Bertz CT molecular complexity index is 738. The first-order valence-electron chi connectivity index (χ1n) is 6.15. The largest absolute Gasteiger partial charge is 0.276 e. The van der Waals surface area contributed by atoms with E-state index in [0.29, 0.717) is 11.1 Å². The molecular weight excluding hydrogens is 272 g/mol. The lowest BCUT2D eigenvalue weighted by atomic mass is 10.1. The van der Waals surface area contributed by atoms with Crippen molar-refractivity contribution in [2.45, 2.75) is 6.92 Å². The molecule has 0 bridgehead atoms. The molecule has 0 aliphatic carbocycles. The number of nitro groups is 2. The maximum absolute atomic E-state index is 11.0. The van der Waals surface area contributed by atoms with Crippen LogP contribution in [0, 0.1) is 27.2 Å². The van der Waals surface area contributed by atoms with Crippen LogP contribution in [0.5, 0.6) is 0 Å². The number of para-hydroxylation sites is 1. The molecule has 0 heterocycles. The highest BCUT2D eigenvalue weighted by Gasteiger charge is 2.13. The van der Waals surface area contributed by atoms with Gasteiger partial charge in [0.05, 0.1) is 21.0 Å². The highest BCUT2D eigenvalue weighted by molar-refractivity contribution is 5.77. The fourth-order valence-electron chi connectivity index (χ4n) is 1.93. The van der Waals surface area contributed by atoms with Crippen LogP contribution in [0.2, 0.25) is 0 Å². The summed E-state index contributed by atoms with van der Waals surface area (Å²) in [6.45, 7) is 1.77. The van der Waals surface area contributed by atoms with Gasteiger partial charge in [0.2, 0.25) is 0 Å². The Morgan fingerprint density at radius 3 is 2.05 bits per heavy atom. The Labute approximate surface area is 120 Å². The van der Waals surface area contributed by atoms with E-state index >= 15 is 0 Å². The van der Waals surface area contributed by atoms with Crippen LogP contribution in [-0.2, 0) is 0 Å². The van der Waals surface area contributed by atoms with Gasteiger partial charge in [-0.05, 0) is 36.8 Å². The Morgan fingerprint density at radius 2 is 1.43 bits per heavy atom. The summed E-state index contributed by atoms with van der Waals surface area (Å²) in [6, 6.07) is 11.1. The van der Waals surface area contributed by atoms with Crippen LogP contribution in [0.4, 0.5) is 11.4 Å². The van der Waals surface area contributed by atoms with Crippen molar-refractivity contribution >= 4 is 23.5 Å². The van der Waals surface area contributed by atoms with E-state index < -0.39 is 9.85 Å². The number of rotatable bonds is 4. The Balaban J connectivity index is 2.43. The molecule has 2 rings (SSSR count). The molecule has 0 saturated carbocycles. The normalized spacial score (nSPS) is 10.7. The summed E-state index contributed by atoms with van der Waals surface area (Å²) in [5.41, 5.74) is 1.53. The first-order valence-corrected chi connectivity index (χ1v) is 6.15. The zero-order chi connectivity index (χ0) is 15.4. The summed E-state index contributed by atoms with van der Waals surface area (Å²) >= 11 is 0. The molecule has 0 saturated heterocycles. The topological polar surface area (TPSA) is 86.3 Å². The van der Waals surface area contributed by atoms with Crippen LogP contribution in [0.1, 0.15) is 16.7 Å². The fraction of sp³-hybridized carbons (Fsp3) is 0.0667. The summed E-state index contributed by atoms with van der Waals surface area (Å²) in [5, 5.41) is 21.9. The van der Waals surface area contributed by atoms with E-state index in [1.807, 2.05) is 0 Å². The van der Waals surface area contributed by atoms with Gasteiger partial charge in [0, 0.05) is 12.1 Å². The predicted molar refractivity (Wildman–Crippen MR) is 79.9 cm³/mol. The Hall–Kier alpha value is -3.02. The summed E-state index contributed by atoms with van der Waals surface area (Å²) in [5.74, 6) is 0. The number of hydrogen-bond acceptors (Lipinski definition) is 4. The minimum absolute atomic E-state index is 0.0233. The first kappa shape index (κ1) is 14.4.